The monoisotopic (exact) mass is 181 g/mol. The summed E-state index contributed by atoms with van der Waals surface area (Å²) in [5.74, 6) is 0. The minimum atomic E-state index is -2.56. The van der Waals surface area contributed by atoms with Gasteiger partial charge in [-0.1, -0.05) is 30.3 Å². The molecule has 68 valence electrons. The van der Waals surface area contributed by atoms with Crippen LogP contribution in [0.4, 0.5) is 8.78 Å². The van der Waals surface area contributed by atoms with Crippen LogP contribution in [0.3, 0.4) is 0 Å². The van der Waals surface area contributed by atoms with Crippen molar-refractivity contribution >= 4 is 0 Å². The summed E-state index contributed by atoms with van der Waals surface area (Å²) in [6.45, 7) is 6.58. The second-order valence-corrected chi connectivity index (χ2v) is 2.72. The quantitative estimate of drug-likeness (QED) is 0.631. The Morgan fingerprint density at radius 3 is 2.31 bits per heavy atom. The van der Waals surface area contributed by atoms with Gasteiger partial charge in [-0.2, -0.15) is 0 Å². The molecule has 0 spiro atoms. The van der Waals surface area contributed by atoms with Gasteiger partial charge >= 0.3 is 6.43 Å². The highest BCUT2D eigenvalue weighted by Crippen LogP contribution is 2.12. The lowest BCUT2D eigenvalue weighted by molar-refractivity contribution is 0.130. The minimum absolute atomic E-state index is 0.127. The first-order valence-electron chi connectivity index (χ1n) is 3.92. The summed E-state index contributed by atoms with van der Waals surface area (Å²) < 4.78 is 24.3. The first-order valence-corrected chi connectivity index (χ1v) is 3.92. The molecule has 0 saturated carbocycles. The van der Waals surface area contributed by atoms with Crippen LogP contribution in [-0.2, 0) is 6.42 Å². The maximum atomic E-state index is 12.2. The van der Waals surface area contributed by atoms with E-state index in [1.165, 1.54) is 0 Å². The summed E-state index contributed by atoms with van der Waals surface area (Å²) in [7, 11) is 0. The van der Waals surface area contributed by atoms with Crippen LogP contribution < -0.4 is 0 Å². The second-order valence-electron chi connectivity index (χ2n) is 2.72. The number of hydrogen-bond donors (Lipinski definition) is 0. The van der Waals surface area contributed by atoms with E-state index in [2.05, 4.69) is 4.85 Å². The molecule has 0 heterocycles. The molecule has 1 rings (SSSR count). The van der Waals surface area contributed by atoms with Crippen LogP contribution in [0.2, 0.25) is 0 Å². The average Bonchev–Trinajstić information content (AvgIpc) is 2.15. The molecule has 0 radical (unpaired) electrons. The lowest BCUT2D eigenvalue weighted by Gasteiger charge is -2.03. The maximum absolute atomic E-state index is 12.2. The Morgan fingerprint density at radius 2 is 1.85 bits per heavy atom. The molecule has 1 nitrogen and oxygen atoms in total. The van der Waals surface area contributed by atoms with Crippen LogP contribution in [0.25, 0.3) is 4.85 Å². The van der Waals surface area contributed by atoms with E-state index >= 15 is 0 Å². The molecule has 1 aromatic rings. The van der Waals surface area contributed by atoms with E-state index < -0.39 is 12.5 Å². The second kappa shape index (κ2) is 4.56. The van der Waals surface area contributed by atoms with Gasteiger partial charge in [0.1, 0.15) is 0 Å². The molecule has 0 saturated heterocycles. The van der Waals surface area contributed by atoms with Crippen molar-refractivity contribution in [3.8, 4) is 0 Å². The highest BCUT2D eigenvalue weighted by molar-refractivity contribution is 5.16. The minimum Gasteiger partial charge on any atom is -0.307 e. The van der Waals surface area contributed by atoms with Crippen molar-refractivity contribution < 1.29 is 8.78 Å². The zero-order chi connectivity index (χ0) is 9.68. The van der Waals surface area contributed by atoms with Gasteiger partial charge in [0, 0.05) is 0 Å². The van der Waals surface area contributed by atoms with E-state index in [1.54, 1.807) is 24.3 Å². The summed E-state index contributed by atoms with van der Waals surface area (Å²) in [5.41, 5.74) is 0.781. The molecule has 0 aromatic heterocycles. The Balaban J connectivity index is 2.64. The maximum Gasteiger partial charge on any atom is 0.312 e. The smallest absolute Gasteiger partial charge is 0.307 e. The van der Waals surface area contributed by atoms with Crippen LogP contribution in [0.1, 0.15) is 5.56 Å². The third-order valence-corrected chi connectivity index (χ3v) is 1.74. The van der Waals surface area contributed by atoms with E-state index in [1.807, 2.05) is 6.07 Å². The normalized spacial score (nSPS) is 12.5. The standard InChI is InChI=1S/C10H9F2N/c1-13-9(10(11)12)7-8-5-3-2-4-6-8/h2-6,9-10H,7H2. The van der Waals surface area contributed by atoms with Crippen LogP contribution in [0, 0.1) is 6.57 Å². The Kier molecular flexibility index (Phi) is 3.39. The first kappa shape index (κ1) is 9.66. The van der Waals surface area contributed by atoms with E-state index in [0.29, 0.717) is 0 Å². The van der Waals surface area contributed by atoms with Gasteiger partial charge in [-0.3, -0.25) is 0 Å². The van der Waals surface area contributed by atoms with E-state index in [-0.39, 0.29) is 6.42 Å². The largest absolute Gasteiger partial charge is 0.312 e. The molecule has 0 aliphatic carbocycles. The molecule has 0 fully saturated rings. The number of benzene rings is 1. The fourth-order valence-corrected chi connectivity index (χ4v) is 1.05. The highest BCUT2D eigenvalue weighted by Gasteiger charge is 2.25. The molecule has 0 aliphatic heterocycles. The lowest BCUT2D eigenvalue weighted by Crippen LogP contribution is -2.16. The summed E-state index contributed by atoms with van der Waals surface area (Å²) in [4.78, 5) is 2.88. The van der Waals surface area contributed by atoms with Crippen LogP contribution in [0.5, 0.6) is 0 Å². The number of alkyl halides is 2. The zero-order valence-corrected chi connectivity index (χ0v) is 6.95. The van der Waals surface area contributed by atoms with Crippen LogP contribution >= 0.6 is 0 Å². The Hall–Kier alpha value is -1.43. The fraction of sp³-hybridized carbons (Fsp3) is 0.300. The van der Waals surface area contributed by atoms with Crippen molar-refractivity contribution in [2.24, 2.45) is 0 Å². The van der Waals surface area contributed by atoms with E-state index in [4.69, 9.17) is 6.57 Å². The van der Waals surface area contributed by atoms with Crippen molar-refractivity contribution in [2.45, 2.75) is 18.9 Å². The van der Waals surface area contributed by atoms with Crippen molar-refractivity contribution in [3.63, 3.8) is 0 Å². The molecule has 1 aromatic carbocycles. The summed E-state index contributed by atoms with van der Waals surface area (Å²) >= 11 is 0. The van der Waals surface area contributed by atoms with Crippen LogP contribution in [0.15, 0.2) is 30.3 Å². The number of hydrogen-bond acceptors (Lipinski definition) is 0. The Labute approximate surface area is 75.8 Å². The van der Waals surface area contributed by atoms with Crippen LogP contribution in [-0.4, -0.2) is 12.5 Å². The van der Waals surface area contributed by atoms with Gasteiger partial charge in [-0.05, 0) is 5.56 Å². The predicted molar refractivity (Wildman–Crippen MR) is 46.5 cm³/mol. The summed E-state index contributed by atoms with van der Waals surface area (Å²) in [6, 6.07) is 7.67. The van der Waals surface area contributed by atoms with Crippen molar-refractivity contribution in [2.75, 3.05) is 0 Å². The third kappa shape index (κ3) is 2.83. The molecular weight excluding hydrogens is 172 g/mol. The van der Waals surface area contributed by atoms with Crippen molar-refractivity contribution in [1.82, 2.24) is 0 Å². The van der Waals surface area contributed by atoms with Gasteiger partial charge in [-0.25, -0.2) is 15.4 Å². The highest BCUT2D eigenvalue weighted by atomic mass is 19.3. The first-order chi connectivity index (χ1) is 6.24. The fourth-order valence-electron chi connectivity index (χ4n) is 1.05. The Bertz CT molecular complexity index is 290. The lowest BCUT2D eigenvalue weighted by atomic mass is 10.1. The summed E-state index contributed by atoms with van der Waals surface area (Å²) in [5, 5.41) is 0. The van der Waals surface area contributed by atoms with Gasteiger partial charge in [0.05, 0.1) is 6.42 Å². The molecule has 0 aliphatic rings. The molecular formula is C10H9F2N. The molecule has 13 heavy (non-hydrogen) atoms. The topological polar surface area (TPSA) is 4.36 Å². The van der Waals surface area contributed by atoms with Gasteiger partial charge < -0.3 is 4.85 Å². The van der Waals surface area contributed by atoms with Gasteiger partial charge in [0.25, 0.3) is 6.04 Å². The zero-order valence-electron chi connectivity index (χ0n) is 6.95. The van der Waals surface area contributed by atoms with E-state index in [9.17, 15) is 8.78 Å². The van der Waals surface area contributed by atoms with E-state index in [0.717, 1.165) is 5.56 Å². The molecule has 0 N–H and O–H groups in total. The number of rotatable bonds is 3. The molecule has 3 heteroatoms. The predicted octanol–water partition coefficient (Wildman–Crippen LogP) is 2.78. The molecule has 0 amide bonds. The molecule has 1 atom stereocenters. The molecule has 0 bridgehead atoms. The van der Waals surface area contributed by atoms with Gasteiger partial charge in [-0.15, -0.1) is 0 Å². The Morgan fingerprint density at radius 1 is 1.23 bits per heavy atom. The summed E-state index contributed by atoms with van der Waals surface area (Å²) in [6.07, 6.45) is -2.43. The number of nitrogens with zero attached hydrogens (tertiary/aromatic N) is 1. The third-order valence-electron chi connectivity index (χ3n) is 1.74. The van der Waals surface area contributed by atoms with Crippen molar-refractivity contribution in [3.05, 3.63) is 47.3 Å². The molecule has 1 unspecified atom stereocenters. The SMILES string of the molecule is [C-]#[N+]C(Cc1ccccc1)C(F)F. The number of halogens is 2. The average molecular weight is 181 g/mol. The van der Waals surface area contributed by atoms with Crippen molar-refractivity contribution in [1.29, 1.82) is 0 Å². The van der Waals surface area contributed by atoms with Gasteiger partial charge in [0.15, 0.2) is 0 Å². The van der Waals surface area contributed by atoms with Gasteiger partial charge in [0.2, 0.25) is 0 Å².